The summed E-state index contributed by atoms with van der Waals surface area (Å²) in [6.45, 7) is 4.47. The zero-order valence-corrected chi connectivity index (χ0v) is 18.2. The molecule has 1 amide bonds. The fraction of sp³-hybridized carbons (Fsp3) is 0.300. The molecule has 0 bridgehead atoms. The first-order chi connectivity index (χ1) is 13.7. The van der Waals surface area contributed by atoms with Gasteiger partial charge >= 0.3 is 0 Å². The minimum atomic E-state index is -3.58. The number of aromatic nitrogens is 2. The number of hydrogen-bond acceptors (Lipinski definition) is 5. The van der Waals surface area contributed by atoms with Crippen LogP contribution in [-0.4, -0.2) is 35.0 Å². The second kappa shape index (κ2) is 8.79. The van der Waals surface area contributed by atoms with Crippen molar-refractivity contribution in [2.75, 3.05) is 4.72 Å². The summed E-state index contributed by atoms with van der Waals surface area (Å²) in [6, 6.07) is 10.2. The number of sulfonamides is 1. The average molecular weight is 433 g/mol. The summed E-state index contributed by atoms with van der Waals surface area (Å²) in [5, 5.41) is 5.87. The first kappa shape index (κ1) is 21.1. The van der Waals surface area contributed by atoms with E-state index >= 15 is 0 Å². The van der Waals surface area contributed by atoms with Gasteiger partial charge in [-0.3, -0.25) is 14.2 Å². The average Bonchev–Trinajstić information content (AvgIpc) is 3.33. The van der Waals surface area contributed by atoms with Gasteiger partial charge in [0.25, 0.3) is 10.0 Å². The van der Waals surface area contributed by atoms with Crippen LogP contribution in [0.15, 0.2) is 58.4 Å². The fourth-order valence-electron chi connectivity index (χ4n) is 2.90. The normalized spacial score (nSPS) is 11.6. The summed E-state index contributed by atoms with van der Waals surface area (Å²) in [4.78, 5) is 14.6. The van der Waals surface area contributed by atoms with E-state index in [1.54, 1.807) is 52.7 Å². The molecule has 0 atom stereocenters. The van der Waals surface area contributed by atoms with Gasteiger partial charge in [0.1, 0.15) is 4.21 Å². The van der Waals surface area contributed by atoms with Crippen LogP contribution in [0.2, 0.25) is 0 Å². The lowest BCUT2D eigenvalue weighted by atomic mass is 10.1. The highest BCUT2D eigenvalue weighted by Crippen LogP contribution is 2.21. The maximum absolute atomic E-state index is 12.8. The summed E-state index contributed by atoms with van der Waals surface area (Å²) >= 11 is 1.16. The standard InChI is InChI=1S/C20H24N4O3S2/c1-15(2)24(14-17-12-21-23(3)13-17)19(25)11-16-6-8-18(9-7-16)22-29(26,27)20-5-4-10-28-20/h4-10,12-13,15,22H,11,14H2,1-3H3. The zero-order valence-electron chi connectivity index (χ0n) is 16.6. The molecule has 2 heterocycles. The van der Waals surface area contributed by atoms with Crippen LogP contribution in [0.25, 0.3) is 0 Å². The van der Waals surface area contributed by atoms with E-state index in [1.165, 1.54) is 0 Å². The Morgan fingerprint density at radius 1 is 1.21 bits per heavy atom. The number of rotatable bonds is 8. The number of hydrogen-bond donors (Lipinski definition) is 1. The van der Waals surface area contributed by atoms with Crippen molar-refractivity contribution >= 4 is 33.0 Å². The number of amides is 1. The molecule has 0 aliphatic carbocycles. The highest BCUT2D eigenvalue weighted by Gasteiger charge is 2.19. The molecule has 2 aromatic heterocycles. The van der Waals surface area contributed by atoms with E-state index in [0.717, 1.165) is 22.5 Å². The third-order valence-electron chi connectivity index (χ3n) is 4.38. The number of nitrogens with zero attached hydrogens (tertiary/aromatic N) is 3. The summed E-state index contributed by atoms with van der Waals surface area (Å²) in [5.41, 5.74) is 2.27. The lowest BCUT2D eigenvalue weighted by molar-refractivity contribution is -0.132. The van der Waals surface area contributed by atoms with Gasteiger partial charge in [-0.15, -0.1) is 11.3 Å². The predicted octanol–water partition coefficient (Wildman–Crippen LogP) is 3.26. The zero-order chi connectivity index (χ0) is 21.0. The van der Waals surface area contributed by atoms with Crippen molar-refractivity contribution in [3.63, 3.8) is 0 Å². The van der Waals surface area contributed by atoms with Crippen LogP contribution in [-0.2, 0) is 34.8 Å². The highest BCUT2D eigenvalue weighted by molar-refractivity contribution is 7.94. The molecule has 0 fully saturated rings. The predicted molar refractivity (Wildman–Crippen MR) is 114 cm³/mol. The first-order valence-electron chi connectivity index (χ1n) is 9.17. The molecule has 0 saturated carbocycles. The lowest BCUT2D eigenvalue weighted by Crippen LogP contribution is -2.37. The fourth-order valence-corrected chi connectivity index (χ4v) is 4.95. The Labute approximate surface area is 175 Å². The van der Waals surface area contributed by atoms with Crippen molar-refractivity contribution in [1.82, 2.24) is 14.7 Å². The van der Waals surface area contributed by atoms with Crippen molar-refractivity contribution < 1.29 is 13.2 Å². The van der Waals surface area contributed by atoms with E-state index in [0.29, 0.717) is 12.2 Å². The van der Waals surface area contributed by atoms with Crippen LogP contribution in [0, 0.1) is 0 Å². The quantitative estimate of drug-likeness (QED) is 0.592. The van der Waals surface area contributed by atoms with Gasteiger partial charge in [-0.2, -0.15) is 5.10 Å². The molecule has 154 valence electrons. The largest absolute Gasteiger partial charge is 0.336 e. The Bertz CT molecular complexity index is 1060. The lowest BCUT2D eigenvalue weighted by Gasteiger charge is -2.26. The number of carbonyl (C=O) groups excluding carboxylic acids is 1. The minimum absolute atomic E-state index is 0.00997. The third-order valence-corrected chi connectivity index (χ3v) is 7.16. The first-order valence-corrected chi connectivity index (χ1v) is 11.5. The second-order valence-electron chi connectivity index (χ2n) is 7.05. The van der Waals surface area contributed by atoms with E-state index < -0.39 is 10.0 Å². The van der Waals surface area contributed by atoms with Gasteiger partial charge in [0.15, 0.2) is 0 Å². The van der Waals surface area contributed by atoms with E-state index in [4.69, 9.17) is 0 Å². The van der Waals surface area contributed by atoms with Gasteiger partial charge in [-0.05, 0) is 43.0 Å². The minimum Gasteiger partial charge on any atom is -0.336 e. The number of aryl methyl sites for hydroxylation is 1. The molecule has 3 rings (SSSR count). The van der Waals surface area contributed by atoms with E-state index in [2.05, 4.69) is 9.82 Å². The second-order valence-corrected chi connectivity index (χ2v) is 9.91. The molecule has 0 aliphatic heterocycles. The van der Waals surface area contributed by atoms with Crippen LogP contribution >= 0.6 is 11.3 Å². The maximum atomic E-state index is 12.8. The highest BCUT2D eigenvalue weighted by atomic mass is 32.2. The smallest absolute Gasteiger partial charge is 0.271 e. The molecule has 29 heavy (non-hydrogen) atoms. The summed E-state index contributed by atoms with van der Waals surface area (Å²) in [7, 11) is -1.73. The maximum Gasteiger partial charge on any atom is 0.271 e. The topological polar surface area (TPSA) is 84.3 Å². The van der Waals surface area contributed by atoms with Gasteiger partial charge in [0.2, 0.25) is 5.91 Å². The molecular weight excluding hydrogens is 408 g/mol. The Hall–Kier alpha value is -2.65. The van der Waals surface area contributed by atoms with Crippen LogP contribution in [0.1, 0.15) is 25.0 Å². The summed E-state index contributed by atoms with van der Waals surface area (Å²) in [6.07, 6.45) is 3.91. The van der Waals surface area contributed by atoms with Gasteiger partial charge in [-0.25, -0.2) is 8.42 Å². The van der Waals surface area contributed by atoms with E-state index in [9.17, 15) is 13.2 Å². The van der Waals surface area contributed by atoms with Gasteiger partial charge in [-0.1, -0.05) is 18.2 Å². The molecule has 3 aromatic rings. The van der Waals surface area contributed by atoms with E-state index in [-0.39, 0.29) is 22.6 Å². The van der Waals surface area contributed by atoms with Crippen molar-refractivity contribution in [2.24, 2.45) is 7.05 Å². The molecule has 7 nitrogen and oxygen atoms in total. The SMILES string of the molecule is CC(C)N(Cc1cnn(C)c1)C(=O)Cc1ccc(NS(=O)(=O)c2cccs2)cc1. The van der Waals surface area contributed by atoms with E-state index in [1.807, 2.05) is 32.0 Å². The van der Waals surface area contributed by atoms with Crippen molar-refractivity contribution in [3.05, 3.63) is 65.3 Å². The van der Waals surface area contributed by atoms with Gasteiger partial charge in [0, 0.05) is 37.1 Å². The molecule has 1 N–H and O–H groups in total. The summed E-state index contributed by atoms with van der Waals surface area (Å²) < 4.78 is 29.1. The molecule has 0 saturated heterocycles. The van der Waals surface area contributed by atoms with Crippen LogP contribution in [0.3, 0.4) is 0 Å². The van der Waals surface area contributed by atoms with Crippen molar-refractivity contribution in [2.45, 2.75) is 37.1 Å². The van der Waals surface area contributed by atoms with Gasteiger partial charge in [0.05, 0.1) is 12.6 Å². The van der Waals surface area contributed by atoms with Crippen molar-refractivity contribution in [3.8, 4) is 0 Å². The Balaban J connectivity index is 1.65. The molecule has 9 heteroatoms. The number of thiophene rings is 1. The number of nitrogens with one attached hydrogen (secondary N) is 1. The Morgan fingerprint density at radius 2 is 1.93 bits per heavy atom. The number of carbonyl (C=O) groups is 1. The monoisotopic (exact) mass is 432 g/mol. The molecule has 0 radical (unpaired) electrons. The van der Waals surface area contributed by atoms with Gasteiger partial charge < -0.3 is 4.90 Å². The molecule has 0 unspecified atom stereocenters. The molecule has 0 aliphatic rings. The molecule has 1 aromatic carbocycles. The molecule has 0 spiro atoms. The van der Waals surface area contributed by atoms with Crippen LogP contribution in [0.5, 0.6) is 0 Å². The van der Waals surface area contributed by atoms with Crippen LogP contribution < -0.4 is 4.72 Å². The summed E-state index contributed by atoms with van der Waals surface area (Å²) in [5.74, 6) is 0.00997. The Kier molecular flexibility index (Phi) is 6.39. The Morgan fingerprint density at radius 3 is 2.48 bits per heavy atom. The number of benzene rings is 1. The van der Waals surface area contributed by atoms with Crippen LogP contribution in [0.4, 0.5) is 5.69 Å². The number of anilines is 1. The third kappa shape index (κ3) is 5.45. The van der Waals surface area contributed by atoms with Crippen molar-refractivity contribution in [1.29, 1.82) is 0 Å². The molecular formula is C20H24N4O3S2.